The summed E-state index contributed by atoms with van der Waals surface area (Å²) in [5, 5.41) is 2.17. The summed E-state index contributed by atoms with van der Waals surface area (Å²) in [6.07, 6.45) is 0.890. The molecule has 2 aliphatic rings. The number of benzene rings is 2. The third-order valence-electron chi connectivity index (χ3n) is 6.32. The third kappa shape index (κ3) is 4.57. The molecule has 0 saturated carbocycles. The van der Waals surface area contributed by atoms with Crippen molar-refractivity contribution >= 4 is 29.1 Å². The van der Waals surface area contributed by atoms with Crippen molar-refractivity contribution in [1.82, 2.24) is 10.2 Å². The zero-order valence-corrected chi connectivity index (χ0v) is 18.3. The minimum Gasteiger partial charge on any atom is -0.344 e. The first-order valence-corrected chi connectivity index (χ1v) is 11.2. The Bertz CT molecular complexity index is 952. The van der Waals surface area contributed by atoms with E-state index in [1.165, 1.54) is 12.8 Å². The third-order valence-corrected chi connectivity index (χ3v) is 7.02. The van der Waals surface area contributed by atoms with E-state index < -0.39 is 22.7 Å². The Balaban J connectivity index is 1.65. The first kappa shape index (κ1) is 22.4. The number of alkyl halides is 3. The van der Waals surface area contributed by atoms with Gasteiger partial charge in [0.05, 0.1) is 27.2 Å². The average molecular weight is 471 g/mol. The molecule has 2 aromatic carbocycles. The van der Waals surface area contributed by atoms with E-state index in [-0.39, 0.29) is 22.7 Å². The standard InChI is InChI=1S/C23H23Cl2F3N2O/c24-17-11-10-16(23(26,27)28)20(25)19(17)22(31)29-21(14-7-3-1-4-8-14)18-13-15-9-5-2-6-12-30(15)18/h1,3-4,7-8,10-11,15,18,21H,2,5-6,9,12-13H2,(H,29,31)/t15?,18-,21-/m0/s1. The van der Waals surface area contributed by atoms with Crippen molar-refractivity contribution in [2.75, 3.05) is 6.54 Å². The highest BCUT2D eigenvalue weighted by Crippen LogP contribution is 2.41. The second-order valence-electron chi connectivity index (χ2n) is 8.19. The lowest BCUT2D eigenvalue weighted by Crippen LogP contribution is -2.60. The van der Waals surface area contributed by atoms with E-state index in [4.69, 9.17) is 23.2 Å². The Morgan fingerprint density at radius 1 is 1.06 bits per heavy atom. The molecule has 0 aliphatic carbocycles. The molecular formula is C23H23Cl2F3N2O. The van der Waals surface area contributed by atoms with Gasteiger partial charge in [-0.25, -0.2) is 0 Å². The number of hydrogen-bond donors (Lipinski definition) is 1. The molecule has 166 valence electrons. The van der Waals surface area contributed by atoms with Crippen LogP contribution in [0.25, 0.3) is 0 Å². The van der Waals surface area contributed by atoms with Crippen LogP contribution in [0.1, 0.15) is 59.6 Å². The molecule has 2 aliphatic heterocycles. The van der Waals surface area contributed by atoms with Crippen LogP contribution in [-0.4, -0.2) is 29.4 Å². The molecule has 2 fully saturated rings. The Hall–Kier alpha value is -1.76. The maximum Gasteiger partial charge on any atom is 0.417 e. The number of rotatable bonds is 4. The molecule has 1 amide bonds. The highest BCUT2D eigenvalue weighted by atomic mass is 35.5. The molecule has 2 saturated heterocycles. The van der Waals surface area contributed by atoms with Crippen LogP contribution in [0.3, 0.4) is 0 Å². The second kappa shape index (κ2) is 9.00. The summed E-state index contributed by atoms with van der Waals surface area (Å²) in [7, 11) is 0. The number of carbonyl (C=O) groups is 1. The molecule has 0 aromatic heterocycles. The summed E-state index contributed by atoms with van der Waals surface area (Å²) in [4.78, 5) is 15.6. The van der Waals surface area contributed by atoms with E-state index in [1.807, 2.05) is 30.3 Å². The minimum atomic E-state index is -4.68. The topological polar surface area (TPSA) is 32.3 Å². The molecule has 1 N–H and O–H groups in total. The van der Waals surface area contributed by atoms with Gasteiger partial charge in [0.25, 0.3) is 5.91 Å². The summed E-state index contributed by atoms with van der Waals surface area (Å²) in [5.41, 5.74) is -0.509. The van der Waals surface area contributed by atoms with Crippen molar-refractivity contribution in [3.63, 3.8) is 0 Å². The number of halogens is 5. The molecule has 8 heteroatoms. The predicted octanol–water partition coefficient (Wildman–Crippen LogP) is 6.50. The lowest BCUT2D eigenvalue weighted by Gasteiger charge is -2.51. The lowest BCUT2D eigenvalue weighted by molar-refractivity contribution is -0.137. The van der Waals surface area contributed by atoms with Gasteiger partial charge in [0.15, 0.2) is 0 Å². The molecular weight excluding hydrogens is 448 g/mol. The van der Waals surface area contributed by atoms with E-state index in [9.17, 15) is 18.0 Å². The largest absolute Gasteiger partial charge is 0.417 e. The van der Waals surface area contributed by atoms with Crippen LogP contribution >= 0.6 is 23.2 Å². The van der Waals surface area contributed by atoms with Crippen molar-refractivity contribution in [2.24, 2.45) is 0 Å². The van der Waals surface area contributed by atoms with Crippen LogP contribution in [0.15, 0.2) is 42.5 Å². The fourth-order valence-electron chi connectivity index (χ4n) is 4.75. The fraction of sp³-hybridized carbons (Fsp3) is 0.435. The van der Waals surface area contributed by atoms with E-state index in [0.717, 1.165) is 43.5 Å². The number of fused-ring (bicyclic) bond motifs is 1. The van der Waals surface area contributed by atoms with Gasteiger partial charge >= 0.3 is 6.18 Å². The number of nitrogens with zero attached hydrogens (tertiary/aromatic N) is 1. The number of amides is 1. The van der Waals surface area contributed by atoms with Crippen LogP contribution in [0.4, 0.5) is 13.2 Å². The van der Waals surface area contributed by atoms with Crippen molar-refractivity contribution in [3.8, 4) is 0 Å². The van der Waals surface area contributed by atoms with Gasteiger partial charge in [0, 0.05) is 12.1 Å². The normalized spacial score (nSPS) is 22.7. The minimum absolute atomic E-state index is 0.0813. The van der Waals surface area contributed by atoms with Gasteiger partial charge in [0.1, 0.15) is 0 Å². The van der Waals surface area contributed by atoms with E-state index in [2.05, 4.69) is 10.2 Å². The molecule has 31 heavy (non-hydrogen) atoms. The summed E-state index contributed by atoms with van der Waals surface area (Å²) in [6.45, 7) is 0.958. The summed E-state index contributed by atoms with van der Waals surface area (Å²) < 4.78 is 39.9. The molecule has 2 heterocycles. The summed E-state index contributed by atoms with van der Waals surface area (Å²) in [5.74, 6) is -0.701. The van der Waals surface area contributed by atoms with Gasteiger partial charge in [-0.2, -0.15) is 13.2 Å². The zero-order chi connectivity index (χ0) is 22.2. The molecule has 4 rings (SSSR count). The Morgan fingerprint density at radius 2 is 1.81 bits per heavy atom. The smallest absolute Gasteiger partial charge is 0.344 e. The molecule has 1 unspecified atom stereocenters. The lowest BCUT2D eigenvalue weighted by atomic mass is 9.82. The number of carbonyl (C=O) groups excluding carboxylic acids is 1. The SMILES string of the molecule is O=C(N[C@@H](c1ccccc1)[C@@H]1CC2CCCCCN21)c1c(Cl)ccc(C(F)(F)F)c1Cl. The Kier molecular flexibility index (Phi) is 6.52. The van der Waals surface area contributed by atoms with Gasteiger partial charge in [-0.15, -0.1) is 0 Å². The van der Waals surface area contributed by atoms with Crippen LogP contribution in [0.2, 0.25) is 10.0 Å². The quantitative estimate of drug-likeness (QED) is 0.552. The number of nitrogens with one attached hydrogen (secondary N) is 1. The van der Waals surface area contributed by atoms with Crippen LogP contribution in [0, 0.1) is 0 Å². The van der Waals surface area contributed by atoms with Gasteiger partial charge in [-0.1, -0.05) is 66.4 Å². The highest BCUT2D eigenvalue weighted by Gasteiger charge is 2.44. The molecule has 0 bridgehead atoms. The fourth-order valence-corrected chi connectivity index (χ4v) is 5.40. The Morgan fingerprint density at radius 3 is 2.52 bits per heavy atom. The van der Waals surface area contributed by atoms with Crippen molar-refractivity contribution in [2.45, 2.75) is 56.4 Å². The van der Waals surface area contributed by atoms with Crippen LogP contribution in [-0.2, 0) is 6.18 Å². The molecule has 3 atom stereocenters. The molecule has 0 radical (unpaired) electrons. The second-order valence-corrected chi connectivity index (χ2v) is 8.97. The highest BCUT2D eigenvalue weighted by molar-refractivity contribution is 6.40. The van der Waals surface area contributed by atoms with Crippen molar-refractivity contribution < 1.29 is 18.0 Å². The maximum atomic E-state index is 13.3. The zero-order valence-electron chi connectivity index (χ0n) is 16.8. The predicted molar refractivity (Wildman–Crippen MR) is 115 cm³/mol. The van der Waals surface area contributed by atoms with Crippen molar-refractivity contribution in [3.05, 3.63) is 69.2 Å². The Labute approximate surface area is 189 Å². The maximum absolute atomic E-state index is 13.3. The van der Waals surface area contributed by atoms with Crippen LogP contribution < -0.4 is 5.32 Å². The van der Waals surface area contributed by atoms with Gasteiger partial charge < -0.3 is 5.32 Å². The number of hydrogen-bond acceptors (Lipinski definition) is 2. The molecule has 2 aromatic rings. The van der Waals surface area contributed by atoms with Crippen LogP contribution in [0.5, 0.6) is 0 Å². The monoisotopic (exact) mass is 470 g/mol. The first-order chi connectivity index (χ1) is 14.8. The summed E-state index contributed by atoms with van der Waals surface area (Å²) >= 11 is 12.1. The average Bonchev–Trinajstić information content (AvgIpc) is 2.88. The first-order valence-electron chi connectivity index (χ1n) is 10.4. The molecule has 0 spiro atoms. The van der Waals surface area contributed by atoms with E-state index in [0.29, 0.717) is 6.04 Å². The van der Waals surface area contributed by atoms with Gasteiger partial charge in [0.2, 0.25) is 0 Å². The van der Waals surface area contributed by atoms with E-state index >= 15 is 0 Å². The van der Waals surface area contributed by atoms with E-state index in [1.54, 1.807) is 0 Å². The van der Waals surface area contributed by atoms with Gasteiger partial charge in [-0.05, 0) is 43.5 Å². The molecule has 3 nitrogen and oxygen atoms in total. The van der Waals surface area contributed by atoms with Crippen molar-refractivity contribution in [1.29, 1.82) is 0 Å². The summed E-state index contributed by atoms with van der Waals surface area (Å²) in [6, 6.07) is 11.6. The van der Waals surface area contributed by atoms with Gasteiger partial charge in [-0.3, -0.25) is 9.69 Å².